The summed E-state index contributed by atoms with van der Waals surface area (Å²) in [5, 5.41) is 3.61. The highest BCUT2D eigenvalue weighted by Gasteiger charge is 2.54. The van der Waals surface area contributed by atoms with Gasteiger partial charge in [-0.2, -0.15) is 0 Å². The average molecular weight is 372 g/mol. The van der Waals surface area contributed by atoms with Crippen LogP contribution in [0.1, 0.15) is 52.0 Å². The number of nitrogens with one attached hydrogen (secondary N) is 1. The highest BCUT2D eigenvalue weighted by molar-refractivity contribution is 6.01. The van der Waals surface area contributed by atoms with Crippen molar-refractivity contribution in [1.29, 1.82) is 0 Å². The molecule has 0 saturated heterocycles. The monoisotopic (exact) mass is 372 g/mol. The van der Waals surface area contributed by atoms with E-state index in [1.165, 1.54) is 36.6 Å². The van der Waals surface area contributed by atoms with Gasteiger partial charge in [0.1, 0.15) is 11.4 Å². The molecule has 3 unspecified atom stereocenters. The number of hydrogen-bond acceptors (Lipinski definition) is 4. The number of anilines is 1. The zero-order valence-electron chi connectivity index (χ0n) is 16.6. The number of aliphatic imine (C=N–C) groups is 1. The molecular weight excluding hydrogens is 343 g/mol. The van der Waals surface area contributed by atoms with Crippen molar-refractivity contribution < 1.29 is 9.18 Å². The van der Waals surface area contributed by atoms with Gasteiger partial charge < -0.3 is 11.1 Å². The third kappa shape index (κ3) is 2.64. The molecule has 2 saturated carbocycles. The Bertz CT molecular complexity index is 820. The third-order valence-electron chi connectivity index (χ3n) is 7.32. The molecule has 2 aliphatic carbocycles. The number of nitrogens with zero attached hydrogens (tertiary/aromatic N) is 2. The molecule has 3 aliphatic rings. The molecule has 0 spiro atoms. The maximum atomic E-state index is 14.9. The van der Waals surface area contributed by atoms with Crippen LogP contribution in [0.2, 0.25) is 0 Å². The minimum atomic E-state index is -1.07. The van der Waals surface area contributed by atoms with Crippen LogP contribution >= 0.6 is 0 Å². The quantitative estimate of drug-likeness (QED) is 0.854. The fourth-order valence-electron chi connectivity index (χ4n) is 5.20. The van der Waals surface area contributed by atoms with E-state index >= 15 is 0 Å². The van der Waals surface area contributed by atoms with Crippen LogP contribution in [0.5, 0.6) is 0 Å². The topological polar surface area (TPSA) is 70.7 Å². The van der Waals surface area contributed by atoms with Gasteiger partial charge in [-0.25, -0.2) is 9.38 Å². The summed E-state index contributed by atoms with van der Waals surface area (Å²) in [6.45, 7) is 5.40. The normalized spacial score (nSPS) is 34.7. The van der Waals surface area contributed by atoms with Crippen LogP contribution in [0, 0.1) is 23.1 Å². The van der Waals surface area contributed by atoms with Gasteiger partial charge in [0, 0.05) is 24.3 Å². The second kappa shape index (κ2) is 5.94. The predicted molar refractivity (Wildman–Crippen MR) is 105 cm³/mol. The molecule has 5 nitrogen and oxygen atoms in total. The smallest absolute Gasteiger partial charge is 0.237 e. The minimum absolute atomic E-state index is 0.118. The largest absolute Gasteiger partial charge is 0.382 e. The zero-order valence-corrected chi connectivity index (χ0v) is 16.6. The summed E-state index contributed by atoms with van der Waals surface area (Å²) in [6, 6.07) is 5.53. The van der Waals surface area contributed by atoms with Crippen molar-refractivity contribution in [3.05, 3.63) is 29.6 Å². The average Bonchev–Trinajstić information content (AvgIpc) is 3.23. The molecule has 3 N–H and O–H groups in total. The van der Waals surface area contributed by atoms with E-state index in [4.69, 9.17) is 5.73 Å². The molecule has 27 heavy (non-hydrogen) atoms. The van der Waals surface area contributed by atoms with E-state index in [0.717, 1.165) is 11.6 Å². The van der Waals surface area contributed by atoms with Crippen molar-refractivity contribution in [1.82, 2.24) is 4.90 Å². The molecule has 1 aliphatic heterocycles. The Morgan fingerprint density at radius 1 is 1.26 bits per heavy atom. The van der Waals surface area contributed by atoms with Crippen LogP contribution in [0.15, 0.2) is 23.2 Å². The first-order valence-electron chi connectivity index (χ1n) is 9.83. The molecule has 2 fully saturated rings. The summed E-state index contributed by atoms with van der Waals surface area (Å²) < 4.78 is 14.9. The Hall–Kier alpha value is -2.11. The second-order valence-electron chi connectivity index (χ2n) is 9.15. The molecule has 1 amide bonds. The van der Waals surface area contributed by atoms with Gasteiger partial charge in [-0.3, -0.25) is 9.69 Å². The summed E-state index contributed by atoms with van der Waals surface area (Å²) in [5.74, 6) is 1.14. The number of benzene rings is 1. The summed E-state index contributed by atoms with van der Waals surface area (Å²) in [5.41, 5.74) is 5.29. The number of nitrogens with two attached hydrogens (primary N) is 1. The van der Waals surface area contributed by atoms with E-state index < -0.39 is 11.0 Å². The van der Waals surface area contributed by atoms with Gasteiger partial charge in [0.2, 0.25) is 5.91 Å². The molecule has 0 radical (unpaired) electrons. The first kappa shape index (κ1) is 18.3. The number of hydrogen-bond donors (Lipinski definition) is 2. The van der Waals surface area contributed by atoms with Gasteiger partial charge in [-0.1, -0.05) is 6.42 Å². The molecule has 2 bridgehead atoms. The Labute approximate surface area is 160 Å². The van der Waals surface area contributed by atoms with Crippen LogP contribution in [0.25, 0.3) is 0 Å². The Balaban J connectivity index is 1.71. The SMILES string of the molecule is CN1C(=O)C(C)(C)[C@@](C)(c2cc(NC3CC4CCC3C4)ccc2F)N=C1N. The second-order valence-corrected chi connectivity index (χ2v) is 9.15. The van der Waals surface area contributed by atoms with Gasteiger partial charge in [-0.05, 0) is 70.1 Å². The maximum Gasteiger partial charge on any atom is 0.237 e. The summed E-state index contributed by atoms with van der Waals surface area (Å²) >= 11 is 0. The first-order valence-corrected chi connectivity index (χ1v) is 9.83. The molecule has 4 atom stereocenters. The fourth-order valence-corrected chi connectivity index (χ4v) is 5.20. The van der Waals surface area contributed by atoms with Crippen molar-refractivity contribution in [2.24, 2.45) is 28.0 Å². The molecule has 6 heteroatoms. The molecule has 146 valence electrons. The summed E-state index contributed by atoms with van der Waals surface area (Å²) in [4.78, 5) is 18.8. The van der Waals surface area contributed by atoms with Crippen LogP contribution in [-0.2, 0) is 10.3 Å². The van der Waals surface area contributed by atoms with Crippen LogP contribution in [0.4, 0.5) is 10.1 Å². The minimum Gasteiger partial charge on any atom is -0.382 e. The lowest BCUT2D eigenvalue weighted by Gasteiger charge is -2.46. The van der Waals surface area contributed by atoms with E-state index in [1.54, 1.807) is 33.9 Å². The van der Waals surface area contributed by atoms with Crippen molar-refractivity contribution in [2.75, 3.05) is 12.4 Å². The van der Waals surface area contributed by atoms with E-state index in [0.29, 0.717) is 17.5 Å². The number of carbonyl (C=O) groups is 1. The Morgan fingerprint density at radius 3 is 2.63 bits per heavy atom. The lowest BCUT2D eigenvalue weighted by Crippen LogP contribution is -2.58. The molecule has 1 aromatic rings. The molecule has 0 aromatic heterocycles. The molecule has 1 heterocycles. The van der Waals surface area contributed by atoms with E-state index in [-0.39, 0.29) is 17.7 Å². The number of halogens is 1. The van der Waals surface area contributed by atoms with Crippen molar-refractivity contribution >= 4 is 17.6 Å². The third-order valence-corrected chi connectivity index (χ3v) is 7.32. The Morgan fingerprint density at radius 2 is 2.00 bits per heavy atom. The number of rotatable bonds is 3. The van der Waals surface area contributed by atoms with Crippen molar-refractivity contribution in [3.8, 4) is 0 Å². The van der Waals surface area contributed by atoms with Gasteiger partial charge in [-0.15, -0.1) is 0 Å². The highest BCUT2D eigenvalue weighted by Crippen LogP contribution is 2.49. The maximum absolute atomic E-state index is 14.9. The number of guanidine groups is 1. The van der Waals surface area contributed by atoms with Gasteiger partial charge in [0.15, 0.2) is 5.96 Å². The lowest BCUT2D eigenvalue weighted by molar-refractivity contribution is -0.140. The highest BCUT2D eigenvalue weighted by atomic mass is 19.1. The van der Waals surface area contributed by atoms with Crippen molar-refractivity contribution in [3.63, 3.8) is 0 Å². The standard InChI is InChI=1S/C21H29FN4O/c1-20(2)18(27)26(4)19(23)25-21(20,3)15-11-14(7-8-16(15)22)24-17-10-12-5-6-13(17)9-12/h7-8,11-13,17,24H,5-6,9-10H2,1-4H3,(H2,23,25)/t12?,13?,17?,21-/m1/s1. The van der Waals surface area contributed by atoms with Gasteiger partial charge in [0.25, 0.3) is 0 Å². The van der Waals surface area contributed by atoms with E-state index in [9.17, 15) is 9.18 Å². The van der Waals surface area contributed by atoms with Crippen LogP contribution in [0.3, 0.4) is 0 Å². The molecule has 4 rings (SSSR count). The number of carbonyl (C=O) groups excluding carboxylic acids is 1. The zero-order chi connectivity index (χ0) is 19.6. The summed E-state index contributed by atoms with van der Waals surface area (Å²) in [6.07, 6.45) is 5.11. The Kier molecular flexibility index (Phi) is 4.02. The summed E-state index contributed by atoms with van der Waals surface area (Å²) in [7, 11) is 1.60. The van der Waals surface area contributed by atoms with Crippen LogP contribution in [-0.4, -0.2) is 29.9 Å². The van der Waals surface area contributed by atoms with Gasteiger partial charge in [0.05, 0.1) is 5.41 Å². The van der Waals surface area contributed by atoms with Crippen molar-refractivity contribution in [2.45, 2.75) is 58.0 Å². The fraction of sp³-hybridized carbons (Fsp3) is 0.619. The first-order chi connectivity index (χ1) is 12.6. The molecular formula is C21H29FN4O. The van der Waals surface area contributed by atoms with E-state index in [2.05, 4.69) is 10.3 Å². The molecule has 1 aromatic carbocycles. The van der Waals surface area contributed by atoms with Gasteiger partial charge >= 0.3 is 0 Å². The number of amides is 1. The predicted octanol–water partition coefficient (Wildman–Crippen LogP) is 3.45. The lowest BCUT2D eigenvalue weighted by atomic mass is 9.67. The van der Waals surface area contributed by atoms with Crippen LogP contribution < -0.4 is 11.1 Å². The number of fused-ring (bicyclic) bond motifs is 2. The van der Waals surface area contributed by atoms with E-state index in [1.807, 2.05) is 6.07 Å².